The Balaban J connectivity index is 1.85. The lowest BCUT2D eigenvalue weighted by Crippen LogP contribution is -2.12. The fourth-order valence-corrected chi connectivity index (χ4v) is 3.41. The van der Waals surface area contributed by atoms with Gasteiger partial charge in [-0.15, -0.1) is 23.1 Å². The van der Waals surface area contributed by atoms with Crippen molar-refractivity contribution in [1.82, 2.24) is 15.1 Å². The first-order chi connectivity index (χ1) is 11.6. The maximum atomic E-state index is 12.5. The molecule has 3 aromatic rings. The smallest absolute Gasteiger partial charge is 0.343 e. The highest BCUT2D eigenvalue weighted by Crippen LogP contribution is 2.27. The second-order valence-electron chi connectivity index (χ2n) is 5.00. The van der Waals surface area contributed by atoms with E-state index in [0.29, 0.717) is 33.6 Å². The van der Waals surface area contributed by atoms with Crippen LogP contribution in [0.2, 0.25) is 0 Å². The van der Waals surface area contributed by atoms with Gasteiger partial charge in [-0.2, -0.15) is 0 Å². The summed E-state index contributed by atoms with van der Waals surface area (Å²) in [6.45, 7) is 3.62. The maximum absolute atomic E-state index is 12.5. The Kier molecular flexibility index (Phi) is 4.96. The summed E-state index contributed by atoms with van der Waals surface area (Å²) in [4.78, 5) is 22.4. The van der Waals surface area contributed by atoms with Gasteiger partial charge in [-0.05, 0) is 31.5 Å². The van der Waals surface area contributed by atoms with Crippen molar-refractivity contribution in [2.75, 3.05) is 6.26 Å². The van der Waals surface area contributed by atoms with E-state index in [9.17, 15) is 4.79 Å². The predicted octanol–water partition coefficient (Wildman–Crippen LogP) is 3.89. The van der Waals surface area contributed by atoms with E-state index >= 15 is 0 Å². The molecular formula is C16H15N3O3S2. The molecule has 124 valence electrons. The Morgan fingerprint density at radius 1 is 1.38 bits per heavy atom. The van der Waals surface area contributed by atoms with Crippen molar-refractivity contribution in [3.05, 3.63) is 46.3 Å². The summed E-state index contributed by atoms with van der Waals surface area (Å²) < 4.78 is 10.3. The number of aryl methyl sites for hydroxylation is 2. The number of carbonyl (C=O) groups is 1. The SMILES string of the molecule is CSc1nc(-c2cccs2)nc(C)c1C(=O)OCc1cc(C)on1. The molecule has 3 aromatic heterocycles. The fraction of sp³-hybridized carbons (Fsp3) is 0.250. The number of thioether (sulfide) groups is 1. The van der Waals surface area contributed by atoms with Gasteiger partial charge in [-0.3, -0.25) is 0 Å². The standard InChI is InChI=1S/C16H15N3O3S2/c1-9-7-11(19-22-9)8-21-16(20)13-10(2)17-14(18-15(13)23-3)12-5-4-6-24-12/h4-7H,8H2,1-3H3. The first kappa shape index (κ1) is 16.7. The number of aromatic nitrogens is 3. The second-order valence-corrected chi connectivity index (χ2v) is 6.74. The summed E-state index contributed by atoms with van der Waals surface area (Å²) in [5.41, 5.74) is 1.56. The highest BCUT2D eigenvalue weighted by atomic mass is 32.2. The molecule has 0 aliphatic rings. The Labute approximate surface area is 147 Å². The lowest BCUT2D eigenvalue weighted by atomic mass is 10.2. The van der Waals surface area contributed by atoms with Crippen LogP contribution in [0, 0.1) is 13.8 Å². The summed E-state index contributed by atoms with van der Waals surface area (Å²) in [7, 11) is 0. The van der Waals surface area contributed by atoms with Gasteiger partial charge in [0, 0.05) is 6.07 Å². The topological polar surface area (TPSA) is 78.1 Å². The normalized spacial score (nSPS) is 10.8. The number of thiophene rings is 1. The number of hydrogen-bond donors (Lipinski definition) is 0. The van der Waals surface area contributed by atoms with E-state index in [-0.39, 0.29) is 6.61 Å². The van der Waals surface area contributed by atoms with Crippen LogP contribution in [0.5, 0.6) is 0 Å². The van der Waals surface area contributed by atoms with Crippen molar-refractivity contribution in [3.63, 3.8) is 0 Å². The Morgan fingerprint density at radius 3 is 2.83 bits per heavy atom. The van der Waals surface area contributed by atoms with E-state index in [1.54, 1.807) is 31.3 Å². The zero-order valence-corrected chi connectivity index (χ0v) is 15.0. The fourth-order valence-electron chi connectivity index (χ4n) is 2.14. The molecule has 0 unspecified atom stereocenters. The maximum Gasteiger partial charge on any atom is 0.343 e. The van der Waals surface area contributed by atoms with Crippen molar-refractivity contribution in [3.8, 4) is 10.7 Å². The van der Waals surface area contributed by atoms with Gasteiger partial charge in [0.05, 0.1) is 10.6 Å². The van der Waals surface area contributed by atoms with Gasteiger partial charge >= 0.3 is 5.97 Å². The quantitative estimate of drug-likeness (QED) is 0.387. The van der Waals surface area contributed by atoms with E-state index in [2.05, 4.69) is 15.1 Å². The van der Waals surface area contributed by atoms with Crippen molar-refractivity contribution < 1.29 is 14.1 Å². The molecule has 0 aliphatic carbocycles. The Morgan fingerprint density at radius 2 is 2.21 bits per heavy atom. The van der Waals surface area contributed by atoms with Gasteiger partial charge < -0.3 is 9.26 Å². The minimum Gasteiger partial charge on any atom is -0.455 e. The van der Waals surface area contributed by atoms with E-state index in [1.165, 1.54) is 11.8 Å². The highest BCUT2D eigenvalue weighted by Gasteiger charge is 2.21. The number of esters is 1. The van der Waals surface area contributed by atoms with Crippen molar-refractivity contribution in [2.24, 2.45) is 0 Å². The molecule has 0 aromatic carbocycles. The third kappa shape index (κ3) is 3.49. The van der Waals surface area contributed by atoms with E-state index in [4.69, 9.17) is 9.26 Å². The minimum atomic E-state index is -0.463. The second kappa shape index (κ2) is 7.14. The molecule has 0 saturated heterocycles. The van der Waals surface area contributed by atoms with Crippen molar-refractivity contribution in [2.45, 2.75) is 25.5 Å². The summed E-state index contributed by atoms with van der Waals surface area (Å²) in [5.74, 6) is 0.830. The Bertz CT molecular complexity index is 860. The molecule has 0 atom stereocenters. The van der Waals surface area contributed by atoms with Gasteiger partial charge in [0.1, 0.15) is 28.7 Å². The highest BCUT2D eigenvalue weighted by molar-refractivity contribution is 7.98. The first-order valence-corrected chi connectivity index (χ1v) is 9.24. The van der Waals surface area contributed by atoms with E-state index in [1.807, 2.05) is 23.8 Å². The monoisotopic (exact) mass is 361 g/mol. The third-order valence-corrected chi connectivity index (χ3v) is 4.77. The molecule has 0 fully saturated rings. The van der Waals surface area contributed by atoms with Crippen LogP contribution in [0.15, 0.2) is 33.1 Å². The molecule has 8 heteroatoms. The zero-order valence-electron chi connectivity index (χ0n) is 13.4. The van der Waals surface area contributed by atoms with Crippen LogP contribution in [0.25, 0.3) is 10.7 Å². The summed E-state index contributed by atoms with van der Waals surface area (Å²) in [6.07, 6.45) is 1.87. The van der Waals surface area contributed by atoms with Crippen molar-refractivity contribution >= 4 is 29.1 Å². The van der Waals surface area contributed by atoms with Crippen LogP contribution in [0.1, 0.15) is 27.5 Å². The molecule has 0 saturated carbocycles. The lowest BCUT2D eigenvalue weighted by molar-refractivity contribution is 0.0457. The number of ether oxygens (including phenoxy) is 1. The summed E-state index contributed by atoms with van der Waals surface area (Å²) in [6, 6.07) is 5.62. The average Bonchev–Trinajstić information content (AvgIpc) is 3.23. The lowest BCUT2D eigenvalue weighted by Gasteiger charge is -2.10. The van der Waals surface area contributed by atoms with Crippen LogP contribution >= 0.6 is 23.1 Å². The minimum absolute atomic E-state index is 0.0517. The van der Waals surface area contributed by atoms with Gasteiger partial charge in [0.25, 0.3) is 0 Å². The molecule has 6 nitrogen and oxygen atoms in total. The Hall–Kier alpha value is -2.19. The zero-order chi connectivity index (χ0) is 17.1. The van der Waals surface area contributed by atoms with Gasteiger partial charge in [-0.1, -0.05) is 11.2 Å². The first-order valence-electron chi connectivity index (χ1n) is 7.14. The third-order valence-electron chi connectivity index (χ3n) is 3.22. The molecule has 24 heavy (non-hydrogen) atoms. The summed E-state index contributed by atoms with van der Waals surface area (Å²) >= 11 is 2.95. The van der Waals surface area contributed by atoms with Gasteiger partial charge in [0.15, 0.2) is 5.82 Å². The molecule has 0 aliphatic heterocycles. The number of carbonyl (C=O) groups excluding carboxylic acids is 1. The molecule has 3 rings (SSSR count). The number of nitrogens with zero attached hydrogens (tertiary/aromatic N) is 3. The molecule has 0 bridgehead atoms. The van der Waals surface area contributed by atoms with Crippen LogP contribution in [0.3, 0.4) is 0 Å². The van der Waals surface area contributed by atoms with E-state index < -0.39 is 5.97 Å². The molecule has 3 heterocycles. The molecule has 0 spiro atoms. The molecular weight excluding hydrogens is 346 g/mol. The number of rotatable bonds is 5. The van der Waals surface area contributed by atoms with E-state index in [0.717, 1.165) is 4.88 Å². The van der Waals surface area contributed by atoms with Gasteiger partial charge in [0.2, 0.25) is 0 Å². The van der Waals surface area contributed by atoms with Gasteiger partial charge in [-0.25, -0.2) is 14.8 Å². The van der Waals surface area contributed by atoms with Crippen LogP contribution in [-0.2, 0) is 11.3 Å². The molecule has 0 amide bonds. The average molecular weight is 361 g/mol. The van der Waals surface area contributed by atoms with Crippen molar-refractivity contribution in [1.29, 1.82) is 0 Å². The molecule has 0 radical (unpaired) electrons. The van der Waals surface area contributed by atoms with Crippen LogP contribution < -0.4 is 0 Å². The number of hydrogen-bond acceptors (Lipinski definition) is 8. The van der Waals surface area contributed by atoms with Crippen LogP contribution in [0.4, 0.5) is 0 Å². The molecule has 0 N–H and O–H groups in total. The largest absolute Gasteiger partial charge is 0.455 e. The van der Waals surface area contributed by atoms with Crippen LogP contribution in [-0.4, -0.2) is 27.3 Å². The predicted molar refractivity (Wildman–Crippen MR) is 92.2 cm³/mol. The summed E-state index contributed by atoms with van der Waals surface area (Å²) in [5, 5.41) is 6.38.